The van der Waals surface area contributed by atoms with Crippen molar-refractivity contribution in [3.8, 4) is 5.75 Å². The van der Waals surface area contributed by atoms with Crippen LogP contribution in [0.15, 0.2) is 23.6 Å². The summed E-state index contributed by atoms with van der Waals surface area (Å²) in [6.45, 7) is 4.45. The van der Waals surface area contributed by atoms with Crippen molar-refractivity contribution in [3.63, 3.8) is 0 Å². The van der Waals surface area contributed by atoms with Gasteiger partial charge >= 0.3 is 6.03 Å². The van der Waals surface area contributed by atoms with Crippen LogP contribution < -0.4 is 20.7 Å². The Morgan fingerprint density at radius 1 is 0.921 bits per heavy atom. The summed E-state index contributed by atoms with van der Waals surface area (Å²) in [5, 5.41) is 12.4. The van der Waals surface area contributed by atoms with Crippen LogP contribution in [0.3, 0.4) is 0 Å². The second-order valence-electron chi connectivity index (χ2n) is 12.6. The summed E-state index contributed by atoms with van der Waals surface area (Å²) in [5.74, 6) is 3.15. The van der Waals surface area contributed by atoms with Gasteiger partial charge in [0.15, 0.2) is 0 Å². The van der Waals surface area contributed by atoms with Crippen LogP contribution in [0.25, 0.3) is 0 Å². The number of aryl methyl sites for hydroxylation is 2. The van der Waals surface area contributed by atoms with E-state index >= 15 is 0 Å². The smallest absolute Gasteiger partial charge is 0.315 e. The number of urea groups is 1. The number of aromatic nitrogens is 1. The van der Waals surface area contributed by atoms with E-state index in [1.807, 2.05) is 26.0 Å². The largest absolute Gasteiger partial charge is 0.486 e. The molecule has 1 aromatic carbocycles. The average Bonchev–Trinajstić information content (AvgIpc) is 3.31. The van der Waals surface area contributed by atoms with E-state index in [0.717, 1.165) is 65.3 Å². The number of carbonyl (C=O) groups is 2. The lowest BCUT2D eigenvalue weighted by molar-refractivity contribution is -0.0137. The first-order chi connectivity index (χ1) is 18.3. The molecule has 204 valence electrons. The van der Waals surface area contributed by atoms with Gasteiger partial charge in [-0.3, -0.25) is 4.79 Å². The molecule has 2 aromatic rings. The molecule has 4 bridgehead atoms. The molecule has 7 rings (SSSR count). The zero-order chi connectivity index (χ0) is 26.3. The van der Waals surface area contributed by atoms with Crippen molar-refractivity contribution in [2.24, 2.45) is 17.8 Å². The van der Waals surface area contributed by atoms with Crippen LogP contribution in [0.5, 0.6) is 5.75 Å². The van der Waals surface area contributed by atoms with E-state index in [4.69, 9.17) is 4.74 Å². The van der Waals surface area contributed by atoms with E-state index in [-0.39, 0.29) is 29.6 Å². The molecule has 0 atom stereocenters. The number of ether oxygens (including phenoxy) is 1. The van der Waals surface area contributed by atoms with Crippen molar-refractivity contribution in [2.75, 3.05) is 0 Å². The van der Waals surface area contributed by atoms with Crippen LogP contribution in [0.2, 0.25) is 0 Å². The van der Waals surface area contributed by atoms with Gasteiger partial charge in [-0.2, -0.15) is 0 Å². The van der Waals surface area contributed by atoms with Gasteiger partial charge in [0.1, 0.15) is 23.1 Å². The molecule has 1 heterocycles. The first-order valence-electron chi connectivity index (χ1n) is 14.4. The average molecular weight is 537 g/mol. The number of thiazole rings is 1. The molecule has 5 aliphatic carbocycles. The molecule has 0 radical (unpaired) electrons. The quantitative estimate of drug-likeness (QED) is 0.427. The lowest BCUT2D eigenvalue weighted by Gasteiger charge is -2.56. The highest BCUT2D eigenvalue weighted by Crippen LogP contribution is 2.55. The van der Waals surface area contributed by atoms with E-state index in [1.165, 1.54) is 49.9 Å². The Labute approximate surface area is 229 Å². The minimum atomic E-state index is -0.130. The third-order valence-electron chi connectivity index (χ3n) is 9.16. The normalized spacial score (nSPS) is 31.6. The van der Waals surface area contributed by atoms with Gasteiger partial charge in [-0.05, 0) is 119 Å². The van der Waals surface area contributed by atoms with Crippen LogP contribution in [-0.2, 0) is 6.61 Å². The zero-order valence-corrected chi connectivity index (χ0v) is 23.4. The summed E-state index contributed by atoms with van der Waals surface area (Å²) < 4.78 is 5.89. The Hall–Kier alpha value is -2.61. The molecule has 8 heteroatoms. The Balaban J connectivity index is 0.932. The van der Waals surface area contributed by atoms with Gasteiger partial charge < -0.3 is 20.7 Å². The topological polar surface area (TPSA) is 92.3 Å². The summed E-state index contributed by atoms with van der Waals surface area (Å²) in [6.07, 6.45) is 11.1. The minimum Gasteiger partial charge on any atom is -0.486 e. The molecule has 7 nitrogen and oxygen atoms in total. The van der Waals surface area contributed by atoms with Crippen molar-refractivity contribution >= 4 is 23.3 Å². The molecule has 5 aliphatic rings. The van der Waals surface area contributed by atoms with Crippen molar-refractivity contribution in [1.29, 1.82) is 0 Å². The van der Waals surface area contributed by atoms with Gasteiger partial charge in [-0.1, -0.05) is 6.07 Å². The first kappa shape index (κ1) is 25.7. The molecular formula is C30H40N4O3S. The molecule has 5 saturated carbocycles. The minimum absolute atomic E-state index is 0.0116. The maximum atomic E-state index is 12.9. The highest BCUT2D eigenvalue weighted by atomic mass is 32.1. The number of nitrogens with zero attached hydrogens (tertiary/aromatic N) is 1. The highest BCUT2D eigenvalue weighted by molar-refractivity contribution is 7.09. The van der Waals surface area contributed by atoms with Crippen LogP contribution in [0, 0.1) is 31.6 Å². The highest BCUT2D eigenvalue weighted by Gasteiger charge is 2.51. The van der Waals surface area contributed by atoms with E-state index in [2.05, 4.69) is 27.0 Å². The van der Waals surface area contributed by atoms with Crippen molar-refractivity contribution in [2.45, 2.75) is 102 Å². The summed E-state index contributed by atoms with van der Waals surface area (Å²) in [5.41, 5.74) is 2.81. The number of carbonyl (C=O) groups excluding carboxylic acids is 2. The molecule has 0 unspecified atom stereocenters. The standard InChI is InChI=1S/C30H40N4O3S/c1-18-7-19(2)9-25(8-18)37-16-27-33-26(17-38-27)28(35)31-23-3-5-24(6-4-23)32-29(36)34-30-13-20-10-21(14-30)12-22(11-20)15-30/h7-9,17,20-24H,3-6,10-16H2,1-2H3,(H,31,35)(H2,32,34,36). The fourth-order valence-corrected chi connectivity index (χ4v) is 8.70. The second-order valence-corrected chi connectivity index (χ2v) is 13.5. The van der Waals surface area contributed by atoms with Crippen LogP contribution >= 0.6 is 11.3 Å². The number of benzene rings is 1. The van der Waals surface area contributed by atoms with E-state index < -0.39 is 0 Å². The number of hydrogen-bond donors (Lipinski definition) is 3. The molecule has 3 amide bonds. The molecule has 0 saturated heterocycles. The maximum Gasteiger partial charge on any atom is 0.315 e. The number of nitrogens with one attached hydrogen (secondary N) is 3. The summed E-state index contributed by atoms with van der Waals surface area (Å²) in [4.78, 5) is 30.2. The second kappa shape index (κ2) is 10.5. The molecular weight excluding hydrogens is 496 g/mol. The lowest BCUT2D eigenvalue weighted by Crippen LogP contribution is -2.62. The molecule has 5 fully saturated rings. The number of rotatable bonds is 7. The van der Waals surface area contributed by atoms with Gasteiger partial charge in [0.2, 0.25) is 0 Å². The first-order valence-corrected chi connectivity index (χ1v) is 15.2. The summed E-state index contributed by atoms with van der Waals surface area (Å²) >= 11 is 1.45. The number of amides is 3. The van der Waals surface area contributed by atoms with Gasteiger partial charge in [0, 0.05) is 23.0 Å². The molecule has 3 N–H and O–H groups in total. The molecule has 38 heavy (non-hydrogen) atoms. The van der Waals surface area contributed by atoms with Crippen LogP contribution in [0.4, 0.5) is 4.79 Å². The SMILES string of the molecule is Cc1cc(C)cc(OCc2nc(C(=O)NC3CCC(NC(=O)NC45CC6CC(CC(C6)C4)C5)CC3)cs2)c1. The molecule has 1 aromatic heterocycles. The van der Waals surface area contributed by atoms with Crippen LogP contribution in [-0.4, -0.2) is 34.5 Å². The predicted molar refractivity (Wildman–Crippen MR) is 148 cm³/mol. The third-order valence-corrected chi connectivity index (χ3v) is 9.98. The van der Waals surface area contributed by atoms with Crippen molar-refractivity contribution in [1.82, 2.24) is 20.9 Å². The monoisotopic (exact) mass is 536 g/mol. The third kappa shape index (κ3) is 5.85. The van der Waals surface area contributed by atoms with Gasteiger partial charge in [0.05, 0.1) is 0 Å². The zero-order valence-electron chi connectivity index (χ0n) is 22.6. The van der Waals surface area contributed by atoms with E-state index in [0.29, 0.717) is 12.3 Å². The summed E-state index contributed by atoms with van der Waals surface area (Å²) in [7, 11) is 0. The fourth-order valence-electron chi connectivity index (χ4n) is 8.01. The predicted octanol–water partition coefficient (Wildman–Crippen LogP) is 5.65. The van der Waals surface area contributed by atoms with Crippen LogP contribution in [0.1, 0.15) is 90.8 Å². The fraction of sp³-hybridized carbons (Fsp3) is 0.633. The summed E-state index contributed by atoms with van der Waals surface area (Å²) in [6, 6.07) is 6.42. The Bertz CT molecular complexity index is 1130. The van der Waals surface area contributed by atoms with Gasteiger partial charge in [0.25, 0.3) is 5.91 Å². The molecule has 0 spiro atoms. The Morgan fingerprint density at radius 3 is 2.11 bits per heavy atom. The van der Waals surface area contributed by atoms with E-state index in [1.54, 1.807) is 5.38 Å². The van der Waals surface area contributed by atoms with Crippen molar-refractivity contribution in [3.05, 3.63) is 45.4 Å². The maximum absolute atomic E-state index is 12.9. The van der Waals surface area contributed by atoms with Gasteiger partial charge in [-0.25, -0.2) is 9.78 Å². The van der Waals surface area contributed by atoms with E-state index in [9.17, 15) is 9.59 Å². The van der Waals surface area contributed by atoms with Crippen molar-refractivity contribution < 1.29 is 14.3 Å². The van der Waals surface area contributed by atoms with Gasteiger partial charge in [-0.15, -0.1) is 11.3 Å². The number of hydrogen-bond acceptors (Lipinski definition) is 5. The Morgan fingerprint density at radius 2 is 1.50 bits per heavy atom. The Kier molecular flexibility index (Phi) is 7.10. The lowest BCUT2D eigenvalue weighted by atomic mass is 9.53. The molecule has 0 aliphatic heterocycles.